The van der Waals surface area contributed by atoms with Gasteiger partial charge in [0.15, 0.2) is 0 Å². The van der Waals surface area contributed by atoms with Crippen LogP contribution in [0.1, 0.15) is 23.0 Å². The van der Waals surface area contributed by atoms with Crippen LogP contribution in [-0.2, 0) is 18.3 Å². The van der Waals surface area contributed by atoms with Crippen LogP contribution >= 0.6 is 0 Å². The lowest BCUT2D eigenvalue weighted by molar-refractivity contribution is -0.126. The maximum atomic E-state index is 13.0. The molecule has 0 radical (unpaired) electrons. The molecule has 0 saturated carbocycles. The van der Waals surface area contributed by atoms with Gasteiger partial charge in [0, 0.05) is 19.4 Å². The van der Waals surface area contributed by atoms with E-state index < -0.39 is 0 Å². The lowest BCUT2D eigenvalue weighted by Gasteiger charge is -2.27. The van der Waals surface area contributed by atoms with E-state index >= 15 is 0 Å². The Labute approximate surface area is 152 Å². The molecule has 26 heavy (non-hydrogen) atoms. The molecule has 1 amide bonds. The van der Waals surface area contributed by atoms with Crippen molar-refractivity contribution in [1.82, 2.24) is 14.9 Å². The number of amides is 1. The first-order chi connectivity index (χ1) is 12.7. The Morgan fingerprint density at radius 1 is 1.19 bits per heavy atom. The van der Waals surface area contributed by atoms with Gasteiger partial charge in [-0.05, 0) is 23.6 Å². The van der Waals surface area contributed by atoms with Gasteiger partial charge in [-0.1, -0.05) is 48.5 Å². The number of carbonyl (C=O) groups is 1. The standard InChI is InChI=1S/C21H21N3O2/c1-24-12-11-22-20(24)19(15-7-3-2-4-8-15)23-21(25)17-13-16-9-5-6-10-18(16)26-14-17/h2-12,17,19H,13-14H2,1H3,(H,23,25)/t17-,19-/m1/s1. The van der Waals surface area contributed by atoms with Crippen LogP contribution in [0.5, 0.6) is 5.75 Å². The molecule has 0 saturated heterocycles. The van der Waals surface area contributed by atoms with E-state index in [1.54, 1.807) is 6.20 Å². The molecule has 1 aliphatic heterocycles. The smallest absolute Gasteiger partial charge is 0.227 e. The van der Waals surface area contributed by atoms with Crippen molar-refractivity contribution in [3.05, 3.63) is 83.9 Å². The number of imidazole rings is 1. The van der Waals surface area contributed by atoms with Crippen molar-refractivity contribution in [3.8, 4) is 5.75 Å². The molecule has 0 spiro atoms. The second-order valence-electron chi connectivity index (χ2n) is 6.57. The Morgan fingerprint density at radius 2 is 1.96 bits per heavy atom. The number of fused-ring (bicyclic) bond motifs is 1. The average molecular weight is 347 g/mol. The second-order valence-corrected chi connectivity index (χ2v) is 6.57. The fourth-order valence-corrected chi connectivity index (χ4v) is 3.35. The van der Waals surface area contributed by atoms with Crippen molar-refractivity contribution in [2.75, 3.05) is 6.61 Å². The van der Waals surface area contributed by atoms with Crippen LogP contribution in [0.4, 0.5) is 0 Å². The van der Waals surface area contributed by atoms with E-state index in [9.17, 15) is 4.79 Å². The minimum atomic E-state index is -0.291. The summed E-state index contributed by atoms with van der Waals surface area (Å²) in [5.41, 5.74) is 2.08. The van der Waals surface area contributed by atoms with E-state index in [2.05, 4.69) is 10.3 Å². The molecule has 2 aromatic carbocycles. The van der Waals surface area contributed by atoms with E-state index in [4.69, 9.17) is 4.74 Å². The molecule has 0 aliphatic carbocycles. The molecular formula is C21H21N3O2. The van der Waals surface area contributed by atoms with Crippen LogP contribution in [0.2, 0.25) is 0 Å². The lowest BCUT2D eigenvalue weighted by Crippen LogP contribution is -2.40. The van der Waals surface area contributed by atoms with Gasteiger partial charge in [-0.15, -0.1) is 0 Å². The predicted octanol–water partition coefficient (Wildman–Crippen LogP) is 2.88. The highest BCUT2D eigenvalue weighted by molar-refractivity contribution is 5.80. The van der Waals surface area contributed by atoms with Gasteiger partial charge >= 0.3 is 0 Å². The summed E-state index contributed by atoms with van der Waals surface area (Å²) in [6.45, 7) is 0.394. The number of nitrogens with one attached hydrogen (secondary N) is 1. The predicted molar refractivity (Wildman–Crippen MR) is 98.8 cm³/mol. The van der Waals surface area contributed by atoms with Gasteiger partial charge in [0.25, 0.3) is 0 Å². The molecule has 4 rings (SSSR count). The van der Waals surface area contributed by atoms with E-state index in [0.717, 1.165) is 22.7 Å². The number of ether oxygens (including phenoxy) is 1. The number of hydrogen-bond donors (Lipinski definition) is 1. The Bertz CT molecular complexity index is 904. The highest BCUT2D eigenvalue weighted by Crippen LogP contribution is 2.28. The SMILES string of the molecule is Cn1ccnc1[C@H](NC(=O)[C@H]1COc2ccccc2C1)c1ccccc1. The van der Waals surface area contributed by atoms with Crippen molar-refractivity contribution in [3.63, 3.8) is 0 Å². The van der Waals surface area contributed by atoms with Crippen molar-refractivity contribution in [2.45, 2.75) is 12.5 Å². The van der Waals surface area contributed by atoms with Crippen LogP contribution < -0.4 is 10.1 Å². The van der Waals surface area contributed by atoms with Crippen molar-refractivity contribution in [2.24, 2.45) is 13.0 Å². The lowest BCUT2D eigenvalue weighted by atomic mass is 9.95. The molecule has 0 fully saturated rings. The molecule has 1 aromatic heterocycles. The summed E-state index contributed by atoms with van der Waals surface area (Å²) in [6.07, 6.45) is 4.32. The van der Waals surface area contributed by atoms with Gasteiger partial charge in [-0.25, -0.2) is 4.98 Å². The fourth-order valence-electron chi connectivity index (χ4n) is 3.35. The third kappa shape index (κ3) is 3.20. The van der Waals surface area contributed by atoms with Gasteiger partial charge < -0.3 is 14.6 Å². The first-order valence-electron chi connectivity index (χ1n) is 8.75. The first-order valence-corrected chi connectivity index (χ1v) is 8.75. The minimum Gasteiger partial charge on any atom is -0.492 e. The van der Waals surface area contributed by atoms with Crippen LogP contribution in [-0.4, -0.2) is 22.1 Å². The number of aryl methyl sites for hydroxylation is 1. The van der Waals surface area contributed by atoms with E-state index in [0.29, 0.717) is 13.0 Å². The molecule has 1 aliphatic rings. The number of hydrogen-bond acceptors (Lipinski definition) is 3. The number of para-hydroxylation sites is 1. The highest BCUT2D eigenvalue weighted by atomic mass is 16.5. The second kappa shape index (κ2) is 7.04. The number of benzene rings is 2. The highest BCUT2D eigenvalue weighted by Gasteiger charge is 2.29. The fraction of sp³-hybridized carbons (Fsp3) is 0.238. The molecule has 5 nitrogen and oxygen atoms in total. The van der Waals surface area contributed by atoms with Crippen molar-refractivity contribution >= 4 is 5.91 Å². The topological polar surface area (TPSA) is 56.2 Å². The molecule has 0 unspecified atom stereocenters. The normalized spacial score (nSPS) is 17.0. The zero-order chi connectivity index (χ0) is 17.9. The van der Waals surface area contributed by atoms with Crippen molar-refractivity contribution < 1.29 is 9.53 Å². The Balaban J connectivity index is 1.57. The summed E-state index contributed by atoms with van der Waals surface area (Å²) in [5, 5.41) is 3.17. The number of carbonyl (C=O) groups excluding carboxylic acids is 1. The maximum absolute atomic E-state index is 13.0. The molecule has 3 aromatic rings. The summed E-state index contributed by atoms with van der Waals surface area (Å²) in [4.78, 5) is 17.4. The third-order valence-corrected chi connectivity index (χ3v) is 4.79. The summed E-state index contributed by atoms with van der Waals surface area (Å²) in [7, 11) is 1.93. The molecule has 5 heteroatoms. The minimum absolute atomic E-state index is 0.0173. The van der Waals surface area contributed by atoms with E-state index in [1.165, 1.54) is 0 Å². The van der Waals surface area contributed by atoms with Gasteiger partial charge in [-0.3, -0.25) is 4.79 Å². The largest absolute Gasteiger partial charge is 0.492 e. The third-order valence-electron chi connectivity index (χ3n) is 4.79. The Kier molecular flexibility index (Phi) is 4.44. The number of nitrogens with zero attached hydrogens (tertiary/aromatic N) is 2. The van der Waals surface area contributed by atoms with Crippen LogP contribution in [0.3, 0.4) is 0 Å². The molecule has 2 heterocycles. The van der Waals surface area contributed by atoms with Crippen LogP contribution in [0, 0.1) is 5.92 Å². The van der Waals surface area contributed by atoms with E-state index in [-0.39, 0.29) is 17.9 Å². The molecule has 0 bridgehead atoms. The zero-order valence-corrected chi connectivity index (χ0v) is 14.6. The summed E-state index contributed by atoms with van der Waals surface area (Å²) < 4.78 is 7.71. The molecule has 2 atom stereocenters. The Morgan fingerprint density at radius 3 is 2.73 bits per heavy atom. The quantitative estimate of drug-likeness (QED) is 0.789. The summed E-state index contributed by atoms with van der Waals surface area (Å²) in [6, 6.07) is 17.5. The average Bonchev–Trinajstić information content (AvgIpc) is 3.12. The van der Waals surface area contributed by atoms with Crippen LogP contribution in [0.25, 0.3) is 0 Å². The van der Waals surface area contributed by atoms with Gasteiger partial charge in [0.1, 0.15) is 24.2 Å². The van der Waals surface area contributed by atoms with Gasteiger partial charge in [0.05, 0.1) is 5.92 Å². The van der Waals surface area contributed by atoms with Gasteiger partial charge in [-0.2, -0.15) is 0 Å². The van der Waals surface area contributed by atoms with E-state index in [1.807, 2.05) is 72.4 Å². The summed E-state index contributed by atoms with van der Waals surface area (Å²) >= 11 is 0. The summed E-state index contributed by atoms with van der Waals surface area (Å²) in [5.74, 6) is 1.45. The number of aromatic nitrogens is 2. The zero-order valence-electron chi connectivity index (χ0n) is 14.6. The van der Waals surface area contributed by atoms with Gasteiger partial charge in [0.2, 0.25) is 5.91 Å². The van der Waals surface area contributed by atoms with Crippen molar-refractivity contribution in [1.29, 1.82) is 0 Å². The molecular weight excluding hydrogens is 326 g/mol. The Hall–Kier alpha value is -3.08. The first kappa shape index (κ1) is 16.4. The monoisotopic (exact) mass is 347 g/mol. The molecule has 132 valence electrons. The maximum Gasteiger partial charge on any atom is 0.227 e. The molecule has 1 N–H and O–H groups in total. The van der Waals surface area contributed by atoms with Crippen LogP contribution in [0.15, 0.2) is 67.0 Å². The number of rotatable bonds is 4.